The minimum atomic E-state index is -0.929. The highest BCUT2D eigenvalue weighted by Gasteiger charge is 2.17. The lowest BCUT2D eigenvalue weighted by atomic mass is 10.1. The van der Waals surface area contributed by atoms with Gasteiger partial charge in [-0.05, 0) is 50.3 Å². The summed E-state index contributed by atoms with van der Waals surface area (Å²) < 4.78 is 5.48. The number of fused-ring (bicyclic) bond motifs is 1. The second-order valence-electron chi connectivity index (χ2n) is 5.10. The van der Waals surface area contributed by atoms with Gasteiger partial charge in [0.05, 0.1) is 0 Å². The van der Waals surface area contributed by atoms with Gasteiger partial charge in [0.25, 0.3) is 0 Å². The first kappa shape index (κ1) is 12.0. The molecule has 19 heavy (non-hydrogen) atoms. The highest BCUT2D eigenvalue weighted by molar-refractivity contribution is 6.04. The number of rotatable bonds is 2. The van der Waals surface area contributed by atoms with E-state index >= 15 is 0 Å². The van der Waals surface area contributed by atoms with Crippen LogP contribution in [0.15, 0.2) is 28.2 Å². The smallest absolute Gasteiger partial charge is 0.339 e. The van der Waals surface area contributed by atoms with E-state index in [9.17, 15) is 9.90 Å². The van der Waals surface area contributed by atoms with E-state index in [2.05, 4.69) is 6.08 Å². The van der Waals surface area contributed by atoms with Crippen LogP contribution >= 0.6 is 0 Å². The van der Waals surface area contributed by atoms with Gasteiger partial charge in [-0.15, -0.1) is 0 Å². The fourth-order valence-electron chi connectivity index (χ4n) is 2.80. The van der Waals surface area contributed by atoms with Gasteiger partial charge in [-0.1, -0.05) is 17.7 Å². The van der Waals surface area contributed by atoms with Crippen molar-refractivity contribution in [3.8, 4) is 0 Å². The first-order valence-corrected chi connectivity index (χ1v) is 6.61. The summed E-state index contributed by atoms with van der Waals surface area (Å²) in [5, 5.41) is 9.94. The quantitative estimate of drug-likeness (QED) is 0.866. The minimum Gasteiger partial charge on any atom is -0.478 e. The van der Waals surface area contributed by atoms with E-state index in [1.165, 1.54) is 18.4 Å². The molecule has 0 radical (unpaired) electrons. The Labute approximate surface area is 111 Å². The van der Waals surface area contributed by atoms with Gasteiger partial charge in [0.1, 0.15) is 16.9 Å². The predicted octanol–water partition coefficient (Wildman–Crippen LogP) is 4.40. The molecule has 1 aliphatic carbocycles. The Hall–Kier alpha value is -2.03. The molecule has 0 saturated heterocycles. The zero-order chi connectivity index (χ0) is 13.4. The number of aromatic carboxylic acids is 1. The molecule has 1 heterocycles. The van der Waals surface area contributed by atoms with Gasteiger partial charge >= 0.3 is 5.97 Å². The van der Waals surface area contributed by atoms with Gasteiger partial charge in [0.2, 0.25) is 0 Å². The molecule has 3 nitrogen and oxygen atoms in total. The number of hydrogen-bond acceptors (Lipinski definition) is 2. The van der Waals surface area contributed by atoms with Crippen molar-refractivity contribution < 1.29 is 14.3 Å². The maximum atomic E-state index is 11.3. The molecule has 0 aliphatic heterocycles. The van der Waals surface area contributed by atoms with Crippen molar-refractivity contribution in [2.24, 2.45) is 0 Å². The molecule has 3 heteroatoms. The molecule has 1 aromatic carbocycles. The first-order chi connectivity index (χ1) is 9.15. The van der Waals surface area contributed by atoms with Crippen molar-refractivity contribution in [3.63, 3.8) is 0 Å². The average molecular weight is 256 g/mol. The second-order valence-corrected chi connectivity index (χ2v) is 5.10. The van der Waals surface area contributed by atoms with Gasteiger partial charge in [-0.25, -0.2) is 4.79 Å². The van der Waals surface area contributed by atoms with E-state index in [1.807, 2.05) is 18.2 Å². The van der Waals surface area contributed by atoms with Crippen molar-refractivity contribution in [3.05, 3.63) is 40.7 Å². The lowest BCUT2D eigenvalue weighted by Crippen LogP contribution is -1.96. The van der Waals surface area contributed by atoms with Crippen LogP contribution in [0.2, 0.25) is 0 Å². The standard InChI is InChI=1S/C16H16O3/c1-10-15(16(17)18)13-9-12(6-7-14(13)19-10)8-11-4-2-3-5-11/h6-9H,2-5H2,1H3,(H,17,18). The number of carboxylic acid groups (broad SMARTS) is 1. The average Bonchev–Trinajstić information content (AvgIpc) is 2.95. The number of carboxylic acids is 1. The molecule has 1 saturated carbocycles. The van der Waals surface area contributed by atoms with E-state index in [0.29, 0.717) is 16.7 Å². The van der Waals surface area contributed by atoms with Crippen LogP contribution in [0.1, 0.15) is 47.4 Å². The van der Waals surface area contributed by atoms with Gasteiger partial charge in [0.15, 0.2) is 0 Å². The summed E-state index contributed by atoms with van der Waals surface area (Å²) in [5.41, 5.74) is 3.44. The van der Waals surface area contributed by atoms with Crippen molar-refractivity contribution in [2.75, 3.05) is 0 Å². The molecule has 0 atom stereocenters. The summed E-state index contributed by atoms with van der Waals surface area (Å²) >= 11 is 0. The summed E-state index contributed by atoms with van der Waals surface area (Å²) in [7, 11) is 0. The highest BCUT2D eigenvalue weighted by Crippen LogP contribution is 2.30. The van der Waals surface area contributed by atoms with E-state index in [1.54, 1.807) is 6.92 Å². The van der Waals surface area contributed by atoms with E-state index in [4.69, 9.17) is 4.42 Å². The summed E-state index contributed by atoms with van der Waals surface area (Å²) in [6, 6.07) is 5.76. The molecule has 0 unspecified atom stereocenters. The largest absolute Gasteiger partial charge is 0.478 e. The Bertz CT molecular complexity index is 669. The van der Waals surface area contributed by atoms with Gasteiger partial charge in [-0.3, -0.25) is 0 Å². The third-order valence-electron chi connectivity index (χ3n) is 3.72. The third kappa shape index (κ3) is 2.16. The van der Waals surface area contributed by atoms with Crippen molar-refractivity contribution in [2.45, 2.75) is 32.6 Å². The Morgan fingerprint density at radius 2 is 2.05 bits per heavy atom. The molecule has 1 N–H and O–H groups in total. The van der Waals surface area contributed by atoms with Crippen LogP contribution < -0.4 is 0 Å². The lowest BCUT2D eigenvalue weighted by Gasteiger charge is -1.98. The number of aryl methyl sites for hydroxylation is 1. The van der Waals surface area contributed by atoms with E-state index in [-0.39, 0.29) is 5.56 Å². The molecule has 0 bridgehead atoms. The summed E-state index contributed by atoms with van der Waals surface area (Å²) in [4.78, 5) is 11.3. The normalized spacial score (nSPS) is 15.1. The van der Waals surface area contributed by atoms with E-state index in [0.717, 1.165) is 18.4 Å². The van der Waals surface area contributed by atoms with Crippen LogP contribution in [-0.4, -0.2) is 11.1 Å². The van der Waals surface area contributed by atoms with Crippen molar-refractivity contribution in [1.82, 2.24) is 0 Å². The molecule has 3 rings (SSSR count). The number of furan rings is 1. The fourth-order valence-corrected chi connectivity index (χ4v) is 2.80. The van der Waals surface area contributed by atoms with Crippen molar-refractivity contribution in [1.29, 1.82) is 0 Å². The monoisotopic (exact) mass is 256 g/mol. The zero-order valence-corrected chi connectivity index (χ0v) is 10.9. The maximum absolute atomic E-state index is 11.3. The molecule has 2 aromatic rings. The third-order valence-corrected chi connectivity index (χ3v) is 3.72. The van der Waals surface area contributed by atoms with Crippen LogP contribution in [0.4, 0.5) is 0 Å². The Kier molecular flexibility index (Phi) is 2.90. The predicted molar refractivity (Wildman–Crippen MR) is 74.4 cm³/mol. The molecule has 1 aliphatic rings. The SMILES string of the molecule is Cc1oc2ccc(C=C3CCCC3)cc2c1C(=O)O. The van der Waals surface area contributed by atoms with Crippen LogP contribution in [0.5, 0.6) is 0 Å². The Morgan fingerprint density at radius 1 is 1.32 bits per heavy atom. The molecule has 98 valence electrons. The Balaban J connectivity index is 2.11. The van der Waals surface area contributed by atoms with Gasteiger partial charge in [-0.2, -0.15) is 0 Å². The number of benzene rings is 1. The molecule has 0 amide bonds. The summed E-state index contributed by atoms with van der Waals surface area (Å²) in [6.45, 7) is 1.69. The zero-order valence-electron chi connectivity index (χ0n) is 10.9. The Morgan fingerprint density at radius 3 is 2.74 bits per heavy atom. The molecular formula is C16H16O3. The van der Waals surface area contributed by atoms with Crippen LogP contribution in [0.25, 0.3) is 17.0 Å². The number of hydrogen-bond donors (Lipinski definition) is 1. The summed E-state index contributed by atoms with van der Waals surface area (Å²) in [5.74, 6) is -0.463. The maximum Gasteiger partial charge on any atom is 0.339 e. The minimum absolute atomic E-state index is 0.279. The molecule has 1 aromatic heterocycles. The van der Waals surface area contributed by atoms with Crippen LogP contribution in [0.3, 0.4) is 0 Å². The van der Waals surface area contributed by atoms with Gasteiger partial charge in [0, 0.05) is 5.39 Å². The highest BCUT2D eigenvalue weighted by atomic mass is 16.4. The van der Waals surface area contributed by atoms with Crippen LogP contribution in [0, 0.1) is 6.92 Å². The van der Waals surface area contributed by atoms with E-state index < -0.39 is 5.97 Å². The second kappa shape index (κ2) is 4.57. The molecule has 0 spiro atoms. The topological polar surface area (TPSA) is 50.4 Å². The van der Waals surface area contributed by atoms with Crippen LogP contribution in [-0.2, 0) is 0 Å². The van der Waals surface area contributed by atoms with Crippen molar-refractivity contribution >= 4 is 23.0 Å². The van der Waals surface area contributed by atoms with Gasteiger partial charge < -0.3 is 9.52 Å². The lowest BCUT2D eigenvalue weighted by molar-refractivity contribution is 0.0697. The first-order valence-electron chi connectivity index (χ1n) is 6.61. The molecule has 1 fully saturated rings. The molecular weight excluding hydrogens is 240 g/mol. The number of allylic oxidation sites excluding steroid dienone is 1. The fraction of sp³-hybridized carbons (Fsp3) is 0.312. The summed E-state index contributed by atoms with van der Waals surface area (Å²) in [6.07, 6.45) is 7.03. The number of carbonyl (C=O) groups is 1.